The Morgan fingerprint density at radius 2 is 1.82 bits per heavy atom. The molecule has 2 unspecified atom stereocenters. The van der Waals surface area contributed by atoms with E-state index in [2.05, 4.69) is 38.4 Å². The van der Waals surface area contributed by atoms with Crippen LogP contribution in [0.2, 0.25) is 0 Å². The Morgan fingerprint density at radius 1 is 1.24 bits per heavy atom. The van der Waals surface area contributed by atoms with E-state index in [0.717, 1.165) is 25.1 Å². The predicted octanol–water partition coefficient (Wildman–Crippen LogP) is 2.96. The number of nitrogens with zero attached hydrogens (tertiary/aromatic N) is 1. The number of likely N-dealkylation sites (N-methyl/N-ethyl adjacent to an activating group) is 1. The molecular formula is C14H29NOS. The van der Waals surface area contributed by atoms with Crippen molar-refractivity contribution in [3.63, 3.8) is 0 Å². The molecule has 102 valence electrons. The van der Waals surface area contributed by atoms with Gasteiger partial charge in [-0.15, -0.1) is 0 Å². The van der Waals surface area contributed by atoms with Crippen molar-refractivity contribution in [2.24, 2.45) is 5.41 Å². The fourth-order valence-corrected chi connectivity index (χ4v) is 3.55. The van der Waals surface area contributed by atoms with Crippen LogP contribution in [0.3, 0.4) is 0 Å². The highest BCUT2D eigenvalue weighted by Crippen LogP contribution is 2.31. The fraction of sp³-hybridized carbons (Fsp3) is 1.00. The molecule has 2 nitrogen and oxygen atoms in total. The largest absolute Gasteiger partial charge is 0.391 e. The Bertz CT molecular complexity index is 210. The molecule has 1 fully saturated rings. The second-order valence-electron chi connectivity index (χ2n) is 5.70. The highest BCUT2D eigenvalue weighted by atomic mass is 32.1. The third kappa shape index (κ3) is 3.87. The summed E-state index contributed by atoms with van der Waals surface area (Å²) in [5, 5.41) is 10.1. The van der Waals surface area contributed by atoms with E-state index in [1.54, 1.807) is 0 Å². The first-order valence-corrected chi connectivity index (χ1v) is 7.71. The topological polar surface area (TPSA) is 23.5 Å². The van der Waals surface area contributed by atoms with E-state index >= 15 is 0 Å². The maximum Gasteiger partial charge on any atom is 0.0695 e. The van der Waals surface area contributed by atoms with Crippen LogP contribution in [0.1, 0.15) is 52.4 Å². The summed E-state index contributed by atoms with van der Waals surface area (Å²) in [7, 11) is 2.17. The minimum atomic E-state index is -0.125. The van der Waals surface area contributed by atoms with Gasteiger partial charge < -0.3 is 10.0 Å². The normalized spacial score (nSPS) is 26.5. The van der Waals surface area contributed by atoms with E-state index < -0.39 is 0 Å². The Hall–Kier alpha value is 0.270. The van der Waals surface area contributed by atoms with Gasteiger partial charge in [-0.1, -0.05) is 26.7 Å². The number of hydrogen-bond acceptors (Lipinski definition) is 3. The second kappa shape index (κ2) is 7.01. The molecule has 3 heteroatoms. The van der Waals surface area contributed by atoms with Gasteiger partial charge in [0.2, 0.25) is 0 Å². The first-order valence-electron chi connectivity index (χ1n) is 7.07. The first-order chi connectivity index (χ1) is 8.08. The third-order valence-electron chi connectivity index (χ3n) is 4.68. The van der Waals surface area contributed by atoms with Crippen LogP contribution in [-0.2, 0) is 0 Å². The minimum Gasteiger partial charge on any atom is -0.391 e. The van der Waals surface area contributed by atoms with Crippen molar-refractivity contribution in [3.8, 4) is 0 Å². The van der Waals surface area contributed by atoms with Gasteiger partial charge in [-0.2, -0.15) is 12.6 Å². The molecule has 0 aromatic heterocycles. The van der Waals surface area contributed by atoms with Crippen LogP contribution in [-0.4, -0.2) is 41.5 Å². The molecule has 1 aliphatic rings. The monoisotopic (exact) mass is 259 g/mol. The molecule has 0 aromatic carbocycles. The molecule has 1 saturated carbocycles. The lowest BCUT2D eigenvalue weighted by molar-refractivity contribution is 0.0141. The number of aliphatic hydroxyl groups is 1. The van der Waals surface area contributed by atoms with E-state index in [1.807, 2.05) is 0 Å². The van der Waals surface area contributed by atoms with Crippen molar-refractivity contribution < 1.29 is 5.11 Å². The average Bonchev–Trinajstić information content (AvgIpc) is 2.36. The fourth-order valence-electron chi connectivity index (χ4n) is 3.00. The highest BCUT2D eigenvalue weighted by Gasteiger charge is 2.32. The molecule has 0 saturated heterocycles. The summed E-state index contributed by atoms with van der Waals surface area (Å²) in [6.07, 6.45) is 6.78. The maximum atomic E-state index is 10.1. The van der Waals surface area contributed by atoms with Crippen LogP contribution in [0.15, 0.2) is 0 Å². The average molecular weight is 259 g/mol. The summed E-state index contributed by atoms with van der Waals surface area (Å²) in [4.78, 5) is 2.38. The molecule has 0 radical (unpaired) electrons. The Morgan fingerprint density at radius 3 is 2.29 bits per heavy atom. The summed E-state index contributed by atoms with van der Waals surface area (Å²) >= 11 is 4.53. The maximum absolute atomic E-state index is 10.1. The number of aliphatic hydroxyl groups excluding tert-OH is 1. The molecule has 0 aromatic rings. The molecule has 0 heterocycles. The first kappa shape index (κ1) is 15.3. The Balaban J connectivity index is 2.59. The van der Waals surface area contributed by atoms with Crippen LogP contribution in [0.25, 0.3) is 0 Å². The van der Waals surface area contributed by atoms with E-state index in [9.17, 15) is 5.11 Å². The molecule has 1 aliphatic carbocycles. The summed E-state index contributed by atoms with van der Waals surface area (Å²) in [6, 6.07) is 0.362. The number of hydrogen-bond donors (Lipinski definition) is 2. The van der Waals surface area contributed by atoms with Crippen LogP contribution in [0.5, 0.6) is 0 Å². The molecule has 0 bridgehead atoms. The van der Waals surface area contributed by atoms with Gasteiger partial charge in [-0.3, -0.25) is 0 Å². The van der Waals surface area contributed by atoms with Gasteiger partial charge in [-0.05, 0) is 43.9 Å². The lowest BCUT2D eigenvalue weighted by Crippen LogP contribution is -2.48. The number of rotatable bonds is 6. The highest BCUT2D eigenvalue weighted by molar-refractivity contribution is 7.80. The van der Waals surface area contributed by atoms with E-state index in [1.165, 1.54) is 25.7 Å². The van der Waals surface area contributed by atoms with Crippen molar-refractivity contribution in [1.29, 1.82) is 0 Å². The smallest absolute Gasteiger partial charge is 0.0695 e. The molecular weight excluding hydrogens is 230 g/mol. The van der Waals surface area contributed by atoms with Crippen molar-refractivity contribution in [1.82, 2.24) is 4.90 Å². The number of thiol groups is 1. The van der Waals surface area contributed by atoms with Gasteiger partial charge in [-0.25, -0.2) is 0 Å². The molecule has 0 amide bonds. The van der Waals surface area contributed by atoms with Gasteiger partial charge in [0.15, 0.2) is 0 Å². The van der Waals surface area contributed by atoms with E-state index in [4.69, 9.17) is 0 Å². The van der Waals surface area contributed by atoms with Crippen LogP contribution >= 0.6 is 12.6 Å². The van der Waals surface area contributed by atoms with Gasteiger partial charge in [0.25, 0.3) is 0 Å². The van der Waals surface area contributed by atoms with Crippen molar-refractivity contribution >= 4 is 12.6 Å². The molecule has 1 rings (SSSR count). The van der Waals surface area contributed by atoms with Gasteiger partial charge >= 0.3 is 0 Å². The molecule has 2 atom stereocenters. The quantitative estimate of drug-likeness (QED) is 0.717. The van der Waals surface area contributed by atoms with Gasteiger partial charge in [0.1, 0.15) is 0 Å². The molecule has 0 spiro atoms. The third-order valence-corrected chi connectivity index (χ3v) is 5.35. The Kier molecular flexibility index (Phi) is 6.32. The van der Waals surface area contributed by atoms with Gasteiger partial charge in [0.05, 0.1) is 6.10 Å². The van der Waals surface area contributed by atoms with Crippen LogP contribution < -0.4 is 0 Å². The molecule has 17 heavy (non-hydrogen) atoms. The zero-order valence-corrected chi connectivity index (χ0v) is 12.5. The predicted molar refractivity (Wildman–Crippen MR) is 77.8 cm³/mol. The van der Waals surface area contributed by atoms with Gasteiger partial charge in [0, 0.05) is 12.6 Å². The van der Waals surface area contributed by atoms with Crippen molar-refractivity contribution in [2.75, 3.05) is 19.3 Å². The summed E-state index contributed by atoms with van der Waals surface area (Å²) in [6.45, 7) is 5.57. The lowest BCUT2D eigenvalue weighted by atomic mass is 9.82. The van der Waals surface area contributed by atoms with E-state index in [-0.39, 0.29) is 6.10 Å². The summed E-state index contributed by atoms with van der Waals surface area (Å²) < 4.78 is 0. The van der Waals surface area contributed by atoms with Crippen LogP contribution in [0, 0.1) is 5.41 Å². The second-order valence-corrected chi connectivity index (χ2v) is 6.02. The van der Waals surface area contributed by atoms with Crippen molar-refractivity contribution in [3.05, 3.63) is 0 Å². The zero-order valence-electron chi connectivity index (χ0n) is 11.7. The Labute approximate surface area is 112 Å². The molecule has 0 aliphatic heterocycles. The summed E-state index contributed by atoms with van der Waals surface area (Å²) in [5.74, 6) is 0.938. The minimum absolute atomic E-state index is 0.125. The van der Waals surface area contributed by atoms with Crippen LogP contribution in [0.4, 0.5) is 0 Å². The standard InChI is InChI=1S/C14H29NOS/c1-4-14(5-2,11-17)10-15(3)12-8-6-7-9-13(12)16/h12-13,16-17H,4-11H2,1-3H3. The van der Waals surface area contributed by atoms with Crippen molar-refractivity contribution in [2.45, 2.75) is 64.5 Å². The molecule has 1 N–H and O–H groups in total. The zero-order chi connectivity index (χ0) is 12.9. The van der Waals surface area contributed by atoms with E-state index in [0.29, 0.717) is 11.5 Å². The SMILES string of the molecule is CCC(CC)(CS)CN(C)C1CCCCC1O. The summed E-state index contributed by atoms with van der Waals surface area (Å²) in [5.41, 5.74) is 0.315. The lowest BCUT2D eigenvalue weighted by Gasteiger charge is -2.41.